The zero-order valence-corrected chi connectivity index (χ0v) is 10.9. The molecule has 0 amide bonds. The van der Waals surface area contributed by atoms with Crippen LogP contribution < -0.4 is 0 Å². The topological polar surface area (TPSA) is 34.1 Å². The van der Waals surface area contributed by atoms with Crippen LogP contribution >= 0.6 is 11.6 Å². The fourth-order valence-electron chi connectivity index (χ4n) is 1.41. The van der Waals surface area contributed by atoms with Crippen LogP contribution in [0.2, 0.25) is 5.02 Å². The van der Waals surface area contributed by atoms with Crippen molar-refractivity contribution in [3.8, 4) is 0 Å². The monoisotopic (exact) mass is 246 g/mol. The lowest BCUT2D eigenvalue weighted by Gasteiger charge is -2.22. The Labute approximate surface area is 96.2 Å². The first-order chi connectivity index (χ1) is 6.62. The van der Waals surface area contributed by atoms with Gasteiger partial charge in [0, 0.05) is 11.3 Å². The molecule has 1 aromatic carbocycles. The van der Waals surface area contributed by atoms with Crippen molar-refractivity contribution in [3.05, 3.63) is 28.8 Å². The maximum absolute atomic E-state index is 11.6. The highest BCUT2D eigenvalue weighted by molar-refractivity contribution is 7.90. The summed E-state index contributed by atoms with van der Waals surface area (Å²) in [5, 5.41) is 0.562. The van der Waals surface area contributed by atoms with Gasteiger partial charge in [0.25, 0.3) is 0 Å². The second-order valence-electron chi connectivity index (χ2n) is 4.66. The fourth-order valence-corrected chi connectivity index (χ4v) is 2.66. The summed E-state index contributed by atoms with van der Waals surface area (Å²) in [6, 6.07) is 4.89. The Balaban J connectivity index is 3.55. The second kappa shape index (κ2) is 3.80. The summed E-state index contributed by atoms with van der Waals surface area (Å²) in [7, 11) is -3.19. The summed E-state index contributed by atoms with van der Waals surface area (Å²) >= 11 is 5.88. The van der Waals surface area contributed by atoms with Crippen LogP contribution in [-0.2, 0) is 15.3 Å². The molecule has 0 spiro atoms. The Bertz CT molecular complexity index is 470. The maximum atomic E-state index is 11.6. The van der Waals surface area contributed by atoms with Crippen LogP contribution in [0.1, 0.15) is 26.3 Å². The van der Waals surface area contributed by atoms with Gasteiger partial charge in [-0.2, -0.15) is 0 Å². The van der Waals surface area contributed by atoms with Gasteiger partial charge in [-0.1, -0.05) is 32.4 Å². The molecule has 0 atom stereocenters. The van der Waals surface area contributed by atoms with Gasteiger partial charge in [-0.15, -0.1) is 0 Å². The minimum atomic E-state index is -3.19. The van der Waals surface area contributed by atoms with Crippen molar-refractivity contribution < 1.29 is 8.42 Å². The SMILES string of the molecule is CC(C)(C)c1cc(Cl)ccc1S(C)(=O)=O. The van der Waals surface area contributed by atoms with E-state index in [4.69, 9.17) is 11.6 Å². The van der Waals surface area contributed by atoms with E-state index in [-0.39, 0.29) is 5.41 Å². The van der Waals surface area contributed by atoms with Gasteiger partial charge < -0.3 is 0 Å². The minimum absolute atomic E-state index is 0.233. The van der Waals surface area contributed by atoms with Crippen molar-refractivity contribution in [1.82, 2.24) is 0 Å². The standard InChI is InChI=1S/C11H15ClO2S/c1-11(2,3)9-7-8(12)5-6-10(9)15(4,13)14/h5-7H,1-4H3. The van der Waals surface area contributed by atoms with E-state index >= 15 is 0 Å². The molecule has 0 heterocycles. The van der Waals surface area contributed by atoms with Gasteiger partial charge in [0.05, 0.1) is 4.90 Å². The summed E-state index contributed by atoms with van der Waals surface area (Å²) in [6.07, 6.45) is 1.21. The Morgan fingerprint density at radius 2 is 1.73 bits per heavy atom. The Hall–Kier alpha value is -0.540. The van der Waals surface area contributed by atoms with E-state index < -0.39 is 9.84 Å². The molecular formula is C11H15ClO2S. The number of sulfone groups is 1. The van der Waals surface area contributed by atoms with Gasteiger partial charge in [-0.05, 0) is 29.2 Å². The molecule has 0 saturated carbocycles. The van der Waals surface area contributed by atoms with E-state index in [1.54, 1.807) is 18.2 Å². The van der Waals surface area contributed by atoms with E-state index in [1.807, 2.05) is 20.8 Å². The molecule has 0 aliphatic heterocycles. The first-order valence-electron chi connectivity index (χ1n) is 4.62. The lowest BCUT2D eigenvalue weighted by molar-refractivity contribution is 0.564. The Morgan fingerprint density at radius 3 is 2.13 bits per heavy atom. The molecule has 0 fully saturated rings. The quantitative estimate of drug-likeness (QED) is 0.763. The highest BCUT2D eigenvalue weighted by atomic mass is 35.5. The molecule has 84 valence electrons. The van der Waals surface area contributed by atoms with E-state index in [0.29, 0.717) is 9.92 Å². The van der Waals surface area contributed by atoms with Gasteiger partial charge in [0.1, 0.15) is 0 Å². The van der Waals surface area contributed by atoms with Crippen molar-refractivity contribution in [2.45, 2.75) is 31.1 Å². The van der Waals surface area contributed by atoms with Crippen LogP contribution in [0, 0.1) is 0 Å². The molecule has 0 bridgehead atoms. The summed E-state index contributed by atoms with van der Waals surface area (Å²) < 4.78 is 23.1. The van der Waals surface area contributed by atoms with Crippen LogP contribution in [0.25, 0.3) is 0 Å². The summed E-state index contributed by atoms with van der Waals surface area (Å²) in [5.74, 6) is 0. The average molecular weight is 247 g/mol. The Kier molecular flexibility index (Phi) is 3.17. The van der Waals surface area contributed by atoms with Gasteiger partial charge in [0.15, 0.2) is 9.84 Å². The molecule has 2 nitrogen and oxygen atoms in total. The maximum Gasteiger partial charge on any atom is 0.175 e. The number of halogens is 1. The molecular weight excluding hydrogens is 232 g/mol. The third-order valence-electron chi connectivity index (χ3n) is 2.15. The molecule has 1 aromatic rings. The van der Waals surface area contributed by atoms with E-state index in [1.165, 1.54) is 6.26 Å². The first-order valence-corrected chi connectivity index (χ1v) is 6.89. The highest BCUT2D eigenvalue weighted by Gasteiger charge is 2.23. The number of benzene rings is 1. The molecule has 0 N–H and O–H groups in total. The van der Waals surface area contributed by atoms with Gasteiger partial charge >= 0.3 is 0 Å². The number of rotatable bonds is 1. The summed E-state index contributed by atoms with van der Waals surface area (Å²) in [4.78, 5) is 0.361. The molecule has 0 unspecified atom stereocenters. The second-order valence-corrected chi connectivity index (χ2v) is 7.08. The third kappa shape index (κ3) is 2.95. The molecule has 0 radical (unpaired) electrons. The van der Waals surface area contributed by atoms with Gasteiger partial charge in [-0.3, -0.25) is 0 Å². The molecule has 0 aliphatic rings. The molecule has 0 aromatic heterocycles. The average Bonchev–Trinajstić information content (AvgIpc) is 2.00. The van der Waals surface area contributed by atoms with Crippen molar-refractivity contribution in [2.24, 2.45) is 0 Å². The molecule has 0 aliphatic carbocycles. The normalized spacial score (nSPS) is 12.9. The van der Waals surface area contributed by atoms with Crippen LogP contribution in [0.4, 0.5) is 0 Å². The minimum Gasteiger partial charge on any atom is -0.224 e. The van der Waals surface area contributed by atoms with Crippen LogP contribution in [-0.4, -0.2) is 14.7 Å². The van der Waals surface area contributed by atoms with E-state index in [9.17, 15) is 8.42 Å². The van der Waals surface area contributed by atoms with Gasteiger partial charge in [-0.25, -0.2) is 8.42 Å². The zero-order valence-electron chi connectivity index (χ0n) is 9.33. The number of hydrogen-bond acceptors (Lipinski definition) is 2. The van der Waals surface area contributed by atoms with Crippen molar-refractivity contribution >= 4 is 21.4 Å². The molecule has 4 heteroatoms. The Morgan fingerprint density at radius 1 is 1.20 bits per heavy atom. The van der Waals surface area contributed by atoms with Crippen LogP contribution in [0.5, 0.6) is 0 Å². The smallest absolute Gasteiger partial charge is 0.175 e. The molecule has 0 saturated heterocycles. The van der Waals surface area contributed by atoms with Gasteiger partial charge in [0.2, 0.25) is 0 Å². The largest absolute Gasteiger partial charge is 0.224 e. The van der Waals surface area contributed by atoms with Crippen molar-refractivity contribution in [2.75, 3.05) is 6.26 Å². The summed E-state index contributed by atoms with van der Waals surface area (Å²) in [5.41, 5.74) is 0.529. The van der Waals surface area contributed by atoms with Crippen LogP contribution in [0.3, 0.4) is 0 Å². The fraction of sp³-hybridized carbons (Fsp3) is 0.455. The van der Waals surface area contributed by atoms with E-state index in [2.05, 4.69) is 0 Å². The van der Waals surface area contributed by atoms with E-state index in [0.717, 1.165) is 5.56 Å². The lowest BCUT2D eigenvalue weighted by atomic mass is 9.87. The highest BCUT2D eigenvalue weighted by Crippen LogP contribution is 2.31. The molecule has 15 heavy (non-hydrogen) atoms. The predicted molar refractivity (Wildman–Crippen MR) is 63.3 cm³/mol. The third-order valence-corrected chi connectivity index (χ3v) is 3.54. The zero-order chi connectivity index (χ0) is 11.9. The van der Waals surface area contributed by atoms with Crippen LogP contribution in [0.15, 0.2) is 23.1 Å². The van der Waals surface area contributed by atoms with Crippen molar-refractivity contribution in [3.63, 3.8) is 0 Å². The predicted octanol–water partition coefficient (Wildman–Crippen LogP) is 3.04. The molecule has 1 rings (SSSR count). The number of hydrogen-bond donors (Lipinski definition) is 0. The first kappa shape index (κ1) is 12.5. The summed E-state index contributed by atoms with van der Waals surface area (Å²) in [6.45, 7) is 5.90. The lowest BCUT2D eigenvalue weighted by Crippen LogP contribution is -2.16. The van der Waals surface area contributed by atoms with Crippen molar-refractivity contribution in [1.29, 1.82) is 0 Å².